The van der Waals surface area contributed by atoms with Gasteiger partial charge in [0.1, 0.15) is 18.2 Å². The van der Waals surface area contributed by atoms with Gasteiger partial charge in [-0.3, -0.25) is 0 Å². The van der Waals surface area contributed by atoms with Crippen LogP contribution in [0.5, 0.6) is 5.75 Å². The van der Waals surface area contributed by atoms with Crippen LogP contribution in [0.1, 0.15) is 47.5 Å². The lowest BCUT2D eigenvalue weighted by atomic mass is 9.81. The number of nitrogens with zero attached hydrogens (tertiary/aromatic N) is 2. The number of ether oxygens (including phenoxy) is 2. The minimum Gasteiger partial charge on any atom is -0.491 e. The quantitative estimate of drug-likeness (QED) is 0.517. The van der Waals surface area contributed by atoms with Crippen LogP contribution >= 0.6 is 0 Å². The molecule has 1 N–H and O–H groups in total. The van der Waals surface area contributed by atoms with E-state index in [1.807, 2.05) is 18.2 Å². The maximum atomic E-state index is 6.15. The molecule has 2 heterocycles. The molecule has 0 unspecified atom stereocenters. The standard InChI is InChI=1S/C26H35N3O2/c1-6-29-23-10-8-7-9-22(23)27-24(29)19-11-13-20(14-12-19)30-15-16-31-21-17-25(2,3)28-26(4,5)18-21/h7-14,21,28H,6,15-18H2,1-5H3. The first-order chi connectivity index (χ1) is 14.8. The zero-order valence-corrected chi connectivity index (χ0v) is 19.4. The number of hydrogen-bond acceptors (Lipinski definition) is 4. The minimum atomic E-state index is 0.0953. The van der Waals surface area contributed by atoms with E-state index in [1.165, 1.54) is 5.52 Å². The maximum Gasteiger partial charge on any atom is 0.141 e. The monoisotopic (exact) mass is 421 g/mol. The highest BCUT2D eigenvalue weighted by atomic mass is 16.5. The van der Waals surface area contributed by atoms with Gasteiger partial charge in [-0.15, -0.1) is 0 Å². The van der Waals surface area contributed by atoms with Gasteiger partial charge in [-0.05, 0) is 83.9 Å². The average molecular weight is 422 g/mol. The second-order valence-electron chi connectivity index (χ2n) is 9.84. The van der Waals surface area contributed by atoms with Crippen LogP contribution in [0.3, 0.4) is 0 Å². The van der Waals surface area contributed by atoms with Crippen molar-refractivity contribution in [2.45, 2.75) is 71.2 Å². The topological polar surface area (TPSA) is 48.3 Å². The number of rotatable bonds is 7. The number of aromatic nitrogens is 2. The summed E-state index contributed by atoms with van der Waals surface area (Å²) in [4.78, 5) is 4.83. The number of piperidine rings is 1. The van der Waals surface area contributed by atoms with Crippen molar-refractivity contribution in [3.8, 4) is 17.1 Å². The molecular formula is C26H35N3O2. The first-order valence-electron chi connectivity index (χ1n) is 11.4. The lowest BCUT2D eigenvalue weighted by Crippen LogP contribution is -2.59. The van der Waals surface area contributed by atoms with E-state index in [9.17, 15) is 0 Å². The van der Waals surface area contributed by atoms with Gasteiger partial charge in [0.15, 0.2) is 0 Å². The molecule has 1 aromatic heterocycles. The van der Waals surface area contributed by atoms with Crippen LogP contribution in [-0.4, -0.2) is 39.9 Å². The summed E-state index contributed by atoms with van der Waals surface area (Å²) in [6.07, 6.45) is 2.30. The predicted octanol–water partition coefficient (Wildman–Crippen LogP) is 5.43. The summed E-state index contributed by atoms with van der Waals surface area (Å²) in [5.74, 6) is 1.85. The van der Waals surface area contributed by atoms with Gasteiger partial charge in [0.2, 0.25) is 0 Å². The summed E-state index contributed by atoms with van der Waals surface area (Å²) in [5, 5.41) is 3.70. The van der Waals surface area contributed by atoms with Crippen molar-refractivity contribution in [1.82, 2.24) is 14.9 Å². The molecule has 0 aliphatic carbocycles. The van der Waals surface area contributed by atoms with Crippen molar-refractivity contribution in [2.75, 3.05) is 13.2 Å². The Morgan fingerprint density at radius 1 is 0.968 bits per heavy atom. The number of aryl methyl sites for hydroxylation is 1. The number of benzene rings is 2. The van der Waals surface area contributed by atoms with Crippen molar-refractivity contribution >= 4 is 11.0 Å². The van der Waals surface area contributed by atoms with E-state index < -0.39 is 0 Å². The molecule has 4 rings (SSSR count). The molecule has 0 saturated carbocycles. The molecular weight excluding hydrogens is 386 g/mol. The van der Waals surface area contributed by atoms with Gasteiger partial charge < -0.3 is 19.4 Å². The molecule has 5 heteroatoms. The smallest absolute Gasteiger partial charge is 0.141 e. The Kier molecular flexibility index (Phi) is 6.09. The number of imidazole rings is 1. The zero-order valence-electron chi connectivity index (χ0n) is 19.4. The molecule has 5 nitrogen and oxygen atoms in total. The summed E-state index contributed by atoms with van der Waals surface area (Å²) < 4.78 is 14.3. The molecule has 3 aromatic rings. The van der Waals surface area contributed by atoms with E-state index in [-0.39, 0.29) is 17.2 Å². The molecule has 0 bridgehead atoms. The van der Waals surface area contributed by atoms with E-state index in [4.69, 9.17) is 14.5 Å². The number of hydrogen-bond donors (Lipinski definition) is 1. The summed E-state index contributed by atoms with van der Waals surface area (Å²) in [6.45, 7) is 13.2. The highest BCUT2D eigenvalue weighted by Gasteiger charge is 2.38. The molecule has 1 aliphatic rings. The van der Waals surface area contributed by atoms with Gasteiger partial charge >= 0.3 is 0 Å². The Morgan fingerprint density at radius 3 is 2.32 bits per heavy atom. The first-order valence-corrected chi connectivity index (χ1v) is 11.4. The van der Waals surface area contributed by atoms with Crippen LogP contribution in [0.25, 0.3) is 22.4 Å². The fourth-order valence-electron chi connectivity index (χ4n) is 5.04. The predicted molar refractivity (Wildman–Crippen MR) is 127 cm³/mol. The second-order valence-corrected chi connectivity index (χ2v) is 9.84. The lowest BCUT2D eigenvalue weighted by molar-refractivity contribution is -0.0305. The third-order valence-electron chi connectivity index (χ3n) is 5.94. The third-order valence-corrected chi connectivity index (χ3v) is 5.94. The Balaban J connectivity index is 1.34. The molecule has 0 amide bonds. The van der Waals surface area contributed by atoms with Crippen LogP contribution in [0, 0.1) is 0 Å². The lowest BCUT2D eigenvalue weighted by Gasteiger charge is -2.46. The molecule has 1 aliphatic heterocycles. The second kappa shape index (κ2) is 8.64. The molecule has 1 fully saturated rings. The van der Waals surface area contributed by atoms with Gasteiger partial charge in [0.05, 0.1) is 23.7 Å². The summed E-state index contributed by atoms with van der Waals surface area (Å²) in [7, 11) is 0. The van der Waals surface area contributed by atoms with Crippen LogP contribution in [0.4, 0.5) is 0 Å². The summed E-state index contributed by atoms with van der Waals surface area (Å²) >= 11 is 0. The van der Waals surface area contributed by atoms with Gasteiger partial charge in [-0.2, -0.15) is 0 Å². The van der Waals surface area contributed by atoms with Crippen LogP contribution in [-0.2, 0) is 11.3 Å². The normalized spacial score (nSPS) is 18.4. The molecule has 31 heavy (non-hydrogen) atoms. The minimum absolute atomic E-state index is 0.0953. The number of nitrogens with one attached hydrogen (secondary N) is 1. The number of para-hydroxylation sites is 2. The molecule has 0 radical (unpaired) electrons. The van der Waals surface area contributed by atoms with E-state index >= 15 is 0 Å². The fraction of sp³-hybridized carbons (Fsp3) is 0.500. The van der Waals surface area contributed by atoms with Crippen LogP contribution < -0.4 is 10.1 Å². The highest BCUT2D eigenvalue weighted by Crippen LogP contribution is 2.30. The van der Waals surface area contributed by atoms with Crippen molar-refractivity contribution < 1.29 is 9.47 Å². The van der Waals surface area contributed by atoms with Gasteiger partial charge in [0, 0.05) is 23.2 Å². The van der Waals surface area contributed by atoms with Gasteiger partial charge in [-0.25, -0.2) is 4.98 Å². The molecule has 0 atom stereocenters. The average Bonchev–Trinajstić information content (AvgIpc) is 3.08. The van der Waals surface area contributed by atoms with Crippen molar-refractivity contribution in [3.05, 3.63) is 48.5 Å². The Hall–Kier alpha value is -2.37. The van der Waals surface area contributed by atoms with E-state index in [1.54, 1.807) is 0 Å². The summed E-state index contributed by atoms with van der Waals surface area (Å²) in [6, 6.07) is 16.5. The van der Waals surface area contributed by atoms with Crippen LogP contribution in [0.15, 0.2) is 48.5 Å². The van der Waals surface area contributed by atoms with Crippen molar-refractivity contribution in [2.24, 2.45) is 0 Å². The Morgan fingerprint density at radius 2 is 1.65 bits per heavy atom. The van der Waals surface area contributed by atoms with E-state index in [0.29, 0.717) is 13.2 Å². The molecule has 1 saturated heterocycles. The Labute approximate surface area is 185 Å². The van der Waals surface area contributed by atoms with Gasteiger partial charge in [-0.1, -0.05) is 12.1 Å². The zero-order chi connectivity index (χ0) is 22.1. The van der Waals surface area contributed by atoms with Crippen molar-refractivity contribution in [1.29, 1.82) is 0 Å². The maximum absolute atomic E-state index is 6.15. The summed E-state index contributed by atoms with van der Waals surface area (Å²) in [5.41, 5.74) is 3.49. The third kappa shape index (κ3) is 5.10. The molecule has 0 spiro atoms. The van der Waals surface area contributed by atoms with Crippen LogP contribution in [0.2, 0.25) is 0 Å². The largest absolute Gasteiger partial charge is 0.491 e. The van der Waals surface area contributed by atoms with E-state index in [2.05, 4.69) is 74.8 Å². The van der Waals surface area contributed by atoms with E-state index in [0.717, 1.165) is 42.0 Å². The van der Waals surface area contributed by atoms with Gasteiger partial charge in [0.25, 0.3) is 0 Å². The first kappa shape index (κ1) is 21.8. The van der Waals surface area contributed by atoms with Crippen molar-refractivity contribution in [3.63, 3.8) is 0 Å². The number of fused-ring (bicyclic) bond motifs is 1. The Bertz CT molecular complexity index is 1000. The molecule has 2 aromatic carbocycles. The highest BCUT2D eigenvalue weighted by molar-refractivity contribution is 5.80. The fourth-order valence-corrected chi connectivity index (χ4v) is 5.04. The molecule has 166 valence electrons. The SMILES string of the molecule is CCn1c(-c2ccc(OCCOC3CC(C)(C)NC(C)(C)C3)cc2)nc2ccccc21.